The lowest BCUT2D eigenvalue weighted by Gasteiger charge is -2.10. The number of rotatable bonds is 7. The smallest absolute Gasteiger partial charge is 0.252 e. The van der Waals surface area contributed by atoms with Crippen LogP contribution in [0.4, 0.5) is 0 Å². The highest BCUT2D eigenvalue weighted by molar-refractivity contribution is 9.10. The predicted octanol–water partition coefficient (Wildman–Crippen LogP) is 3.40. The first kappa shape index (κ1) is 16.5. The number of halogens is 1. The van der Waals surface area contributed by atoms with Crippen LogP contribution >= 0.6 is 15.9 Å². The van der Waals surface area contributed by atoms with Crippen molar-refractivity contribution >= 4 is 21.8 Å². The van der Waals surface area contributed by atoms with Gasteiger partial charge in [-0.2, -0.15) is 0 Å². The molecule has 2 aromatic carbocycles. The highest BCUT2D eigenvalue weighted by atomic mass is 79.9. The van der Waals surface area contributed by atoms with Gasteiger partial charge < -0.3 is 14.8 Å². The summed E-state index contributed by atoms with van der Waals surface area (Å²) >= 11 is 3.41. The lowest BCUT2D eigenvalue weighted by Crippen LogP contribution is -2.27. The van der Waals surface area contributed by atoms with Crippen LogP contribution in [-0.4, -0.2) is 26.2 Å². The van der Waals surface area contributed by atoms with E-state index >= 15 is 0 Å². The molecule has 22 heavy (non-hydrogen) atoms. The summed E-state index contributed by atoms with van der Waals surface area (Å²) in [7, 11) is 1.60. The van der Waals surface area contributed by atoms with E-state index in [0.717, 1.165) is 5.56 Å². The largest absolute Gasteiger partial charge is 0.489 e. The van der Waals surface area contributed by atoms with E-state index in [2.05, 4.69) is 21.2 Å². The molecule has 2 aromatic rings. The van der Waals surface area contributed by atoms with Gasteiger partial charge in [-0.15, -0.1) is 0 Å². The highest BCUT2D eigenvalue weighted by Gasteiger charge is 2.10. The fourth-order valence-corrected chi connectivity index (χ4v) is 2.41. The quantitative estimate of drug-likeness (QED) is 0.766. The first-order valence-electron chi connectivity index (χ1n) is 6.94. The van der Waals surface area contributed by atoms with Crippen LogP contribution in [0.5, 0.6) is 5.75 Å². The summed E-state index contributed by atoms with van der Waals surface area (Å²) < 4.78 is 11.3. The van der Waals surface area contributed by atoms with Crippen molar-refractivity contribution in [2.45, 2.75) is 6.61 Å². The Labute approximate surface area is 138 Å². The van der Waals surface area contributed by atoms with Crippen molar-refractivity contribution in [3.05, 3.63) is 64.1 Å². The van der Waals surface area contributed by atoms with E-state index in [9.17, 15) is 4.79 Å². The molecule has 0 atom stereocenters. The molecule has 0 fully saturated rings. The second-order valence-electron chi connectivity index (χ2n) is 4.66. The Balaban J connectivity index is 1.95. The molecule has 0 heterocycles. The van der Waals surface area contributed by atoms with Crippen LogP contribution < -0.4 is 10.1 Å². The van der Waals surface area contributed by atoms with Crippen LogP contribution in [0, 0.1) is 0 Å². The van der Waals surface area contributed by atoms with E-state index in [0.29, 0.717) is 35.5 Å². The molecule has 0 aliphatic heterocycles. The van der Waals surface area contributed by atoms with Crippen molar-refractivity contribution in [1.29, 1.82) is 0 Å². The molecule has 5 heteroatoms. The average Bonchev–Trinajstić information content (AvgIpc) is 2.54. The van der Waals surface area contributed by atoms with E-state index in [1.807, 2.05) is 30.3 Å². The number of methoxy groups -OCH3 is 1. The van der Waals surface area contributed by atoms with Gasteiger partial charge in [-0.05, 0) is 39.7 Å². The second kappa shape index (κ2) is 8.56. The maximum absolute atomic E-state index is 12.0. The molecular weight excluding hydrogens is 346 g/mol. The number of amides is 1. The molecule has 0 spiro atoms. The molecular formula is C17H18BrNO3. The number of hydrogen-bond acceptors (Lipinski definition) is 3. The lowest BCUT2D eigenvalue weighted by molar-refractivity contribution is 0.0936. The maximum atomic E-state index is 12.0. The molecule has 0 saturated heterocycles. The van der Waals surface area contributed by atoms with Gasteiger partial charge in [0.25, 0.3) is 5.91 Å². The zero-order valence-corrected chi connectivity index (χ0v) is 13.9. The molecule has 0 saturated carbocycles. The van der Waals surface area contributed by atoms with Crippen LogP contribution in [0.25, 0.3) is 0 Å². The van der Waals surface area contributed by atoms with Crippen molar-refractivity contribution in [3.63, 3.8) is 0 Å². The second-order valence-corrected chi connectivity index (χ2v) is 5.52. The molecule has 1 amide bonds. The van der Waals surface area contributed by atoms with Crippen molar-refractivity contribution in [2.24, 2.45) is 0 Å². The number of carbonyl (C=O) groups excluding carboxylic acids is 1. The van der Waals surface area contributed by atoms with Crippen molar-refractivity contribution < 1.29 is 14.3 Å². The predicted molar refractivity (Wildman–Crippen MR) is 89.1 cm³/mol. The molecule has 4 nitrogen and oxygen atoms in total. The van der Waals surface area contributed by atoms with Gasteiger partial charge in [-0.1, -0.05) is 30.3 Å². The first-order chi connectivity index (χ1) is 10.7. The average molecular weight is 364 g/mol. The van der Waals surface area contributed by atoms with Crippen molar-refractivity contribution in [2.75, 3.05) is 20.3 Å². The van der Waals surface area contributed by atoms with Crippen LogP contribution in [0.15, 0.2) is 53.0 Å². The summed E-state index contributed by atoms with van der Waals surface area (Å²) in [6, 6.07) is 15.3. The number of benzene rings is 2. The van der Waals surface area contributed by atoms with Crippen molar-refractivity contribution in [3.8, 4) is 5.75 Å². The molecule has 0 aliphatic rings. The molecule has 0 unspecified atom stereocenters. The van der Waals surface area contributed by atoms with Crippen LogP contribution in [0.3, 0.4) is 0 Å². The van der Waals surface area contributed by atoms with Crippen LogP contribution in [0.2, 0.25) is 0 Å². The summed E-state index contributed by atoms with van der Waals surface area (Å²) in [6.45, 7) is 1.46. The molecule has 0 radical (unpaired) electrons. The Hall–Kier alpha value is -1.85. The molecule has 1 N–H and O–H groups in total. The molecule has 0 aromatic heterocycles. The summed E-state index contributed by atoms with van der Waals surface area (Å²) in [6.07, 6.45) is 0. The topological polar surface area (TPSA) is 47.6 Å². The Morgan fingerprint density at radius 2 is 1.95 bits per heavy atom. The van der Waals surface area contributed by atoms with Gasteiger partial charge in [0, 0.05) is 18.1 Å². The minimum absolute atomic E-state index is 0.140. The SMILES string of the molecule is COCCNC(=O)c1ccc(OCc2ccccc2)cc1Br. The Morgan fingerprint density at radius 3 is 2.64 bits per heavy atom. The Kier molecular flexibility index (Phi) is 6.43. The molecule has 0 aliphatic carbocycles. The molecule has 0 bridgehead atoms. The van der Waals surface area contributed by atoms with E-state index in [-0.39, 0.29) is 5.91 Å². The molecule has 116 valence electrons. The summed E-state index contributed by atoms with van der Waals surface area (Å²) in [5.74, 6) is 0.572. The zero-order valence-electron chi connectivity index (χ0n) is 12.3. The van der Waals surface area contributed by atoms with Gasteiger partial charge in [-0.3, -0.25) is 4.79 Å². The fourth-order valence-electron chi connectivity index (χ4n) is 1.87. The third-order valence-corrected chi connectivity index (χ3v) is 3.68. The summed E-state index contributed by atoms with van der Waals surface area (Å²) in [5.41, 5.74) is 1.67. The van der Waals surface area contributed by atoms with E-state index in [1.165, 1.54) is 0 Å². The fraction of sp³-hybridized carbons (Fsp3) is 0.235. The summed E-state index contributed by atoms with van der Waals surface area (Å²) in [4.78, 5) is 12.0. The Morgan fingerprint density at radius 1 is 1.18 bits per heavy atom. The maximum Gasteiger partial charge on any atom is 0.252 e. The standard InChI is InChI=1S/C17H18BrNO3/c1-21-10-9-19-17(20)15-8-7-14(11-16(15)18)22-12-13-5-3-2-4-6-13/h2-8,11H,9-10,12H2,1H3,(H,19,20). The third kappa shape index (κ3) is 4.86. The normalized spacial score (nSPS) is 10.3. The van der Waals surface area contributed by atoms with Gasteiger partial charge in [0.15, 0.2) is 0 Å². The minimum atomic E-state index is -0.140. The van der Waals surface area contributed by atoms with Crippen molar-refractivity contribution in [1.82, 2.24) is 5.32 Å². The zero-order chi connectivity index (χ0) is 15.8. The van der Waals surface area contributed by atoms with Crippen LogP contribution in [0.1, 0.15) is 15.9 Å². The van der Waals surface area contributed by atoms with Gasteiger partial charge in [0.2, 0.25) is 0 Å². The monoisotopic (exact) mass is 363 g/mol. The Bertz CT molecular complexity index is 617. The number of carbonyl (C=O) groups is 1. The number of ether oxygens (including phenoxy) is 2. The van der Waals surface area contributed by atoms with Gasteiger partial charge in [0.1, 0.15) is 12.4 Å². The van der Waals surface area contributed by atoms with E-state index in [1.54, 1.807) is 25.3 Å². The van der Waals surface area contributed by atoms with Gasteiger partial charge in [-0.25, -0.2) is 0 Å². The number of nitrogens with one attached hydrogen (secondary N) is 1. The first-order valence-corrected chi connectivity index (χ1v) is 7.73. The minimum Gasteiger partial charge on any atom is -0.489 e. The van der Waals surface area contributed by atoms with Crippen LogP contribution in [-0.2, 0) is 11.3 Å². The highest BCUT2D eigenvalue weighted by Crippen LogP contribution is 2.23. The summed E-state index contributed by atoms with van der Waals surface area (Å²) in [5, 5.41) is 2.78. The number of hydrogen-bond donors (Lipinski definition) is 1. The van der Waals surface area contributed by atoms with Gasteiger partial charge >= 0.3 is 0 Å². The van der Waals surface area contributed by atoms with E-state index < -0.39 is 0 Å². The van der Waals surface area contributed by atoms with E-state index in [4.69, 9.17) is 9.47 Å². The lowest BCUT2D eigenvalue weighted by atomic mass is 10.2. The molecule has 2 rings (SSSR count). The third-order valence-electron chi connectivity index (χ3n) is 3.03. The van der Waals surface area contributed by atoms with Gasteiger partial charge in [0.05, 0.1) is 12.2 Å².